The number of nitrogens with zero attached hydrogens (tertiary/aromatic N) is 1. The van der Waals surface area contributed by atoms with Crippen LogP contribution in [0.25, 0.3) is 0 Å². The molecule has 6 heteroatoms. The largest absolute Gasteiger partial charge is 0.383 e. The van der Waals surface area contributed by atoms with Gasteiger partial charge in [0.25, 0.3) is 0 Å². The standard InChI is InChI=1S/C9H13N3OS2/c1-13-4-3-10-9(14)12-11-6-8-2-5-15-7-8/h2,5-7H,3-4H2,1H3,(H2,10,12,14)/b11-6+. The highest BCUT2D eigenvalue weighted by molar-refractivity contribution is 7.80. The minimum atomic E-state index is 0.499. The average molecular weight is 243 g/mol. The fraction of sp³-hybridized carbons (Fsp3) is 0.333. The molecule has 0 fully saturated rings. The molecule has 15 heavy (non-hydrogen) atoms. The molecule has 1 rings (SSSR count). The van der Waals surface area contributed by atoms with Crippen LogP contribution in [0.4, 0.5) is 0 Å². The Hall–Kier alpha value is -0.980. The number of hydrazone groups is 1. The lowest BCUT2D eigenvalue weighted by Gasteiger charge is -2.05. The Morgan fingerprint density at radius 1 is 1.73 bits per heavy atom. The van der Waals surface area contributed by atoms with Gasteiger partial charge in [0.05, 0.1) is 12.8 Å². The monoisotopic (exact) mass is 243 g/mol. The Bertz CT molecular complexity index is 311. The summed E-state index contributed by atoms with van der Waals surface area (Å²) in [5, 5.41) is 11.4. The minimum Gasteiger partial charge on any atom is -0.383 e. The third-order valence-electron chi connectivity index (χ3n) is 1.51. The zero-order valence-corrected chi connectivity index (χ0v) is 10.0. The number of nitrogens with one attached hydrogen (secondary N) is 2. The van der Waals surface area contributed by atoms with E-state index in [2.05, 4.69) is 15.8 Å². The molecule has 0 amide bonds. The quantitative estimate of drug-likeness (QED) is 0.353. The first-order valence-electron chi connectivity index (χ1n) is 4.41. The van der Waals surface area contributed by atoms with E-state index in [0.717, 1.165) is 5.56 Å². The van der Waals surface area contributed by atoms with Crippen molar-refractivity contribution in [3.63, 3.8) is 0 Å². The number of thiophene rings is 1. The summed E-state index contributed by atoms with van der Waals surface area (Å²) in [4.78, 5) is 0. The average Bonchev–Trinajstić information content (AvgIpc) is 2.71. The van der Waals surface area contributed by atoms with Crippen molar-refractivity contribution in [3.05, 3.63) is 22.4 Å². The summed E-state index contributed by atoms with van der Waals surface area (Å²) < 4.78 is 4.87. The van der Waals surface area contributed by atoms with Crippen molar-refractivity contribution in [2.75, 3.05) is 20.3 Å². The van der Waals surface area contributed by atoms with E-state index in [0.29, 0.717) is 18.3 Å². The van der Waals surface area contributed by atoms with Gasteiger partial charge < -0.3 is 10.1 Å². The van der Waals surface area contributed by atoms with Gasteiger partial charge in [-0.3, -0.25) is 5.43 Å². The van der Waals surface area contributed by atoms with Gasteiger partial charge in [0.15, 0.2) is 5.11 Å². The Morgan fingerprint density at radius 3 is 3.27 bits per heavy atom. The first-order chi connectivity index (χ1) is 7.33. The van der Waals surface area contributed by atoms with Crippen LogP contribution in [-0.4, -0.2) is 31.6 Å². The van der Waals surface area contributed by atoms with Crippen molar-refractivity contribution >= 4 is 34.9 Å². The second-order valence-electron chi connectivity index (χ2n) is 2.68. The molecular weight excluding hydrogens is 230 g/mol. The maximum absolute atomic E-state index is 4.97. The van der Waals surface area contributed by atoms with Gasteiger partial charge in [-0.25, -0.2) is 0 Å². The van der Waals surface area contributed by atoms with Gasteiger partial charge in [0.1, 0.15) is 0 Å². The van der Waals surface area contributed by atoms with Crippen molar-refractivity contribution in [2.24, 2.45) is 5.10 Å². The highest BCUT2D eigenvalue weighted by Gasteiger charge is 1.91. The zero-order valence-electron chi connectivity index (χ0n) is 8.40. The fourth-order valence-corrected chi connectivity index (χ4v) is 1.59. The van der Waals surface area contributed by atoms with Crippen LogP contribution < -0.4 is 10.7 Å². The molecule has 1 aromatic rings. The molecule has 1 heterocycles. The summed E-state index contributed by atoms with van der Waals surface area (Å²) >= 11 is 6.60. The van der Waals surface area contributed by atoms with Crippen LogP contribution >= 0.6 is 23.6 Å². The van der Waals surface area contributed by atoms with Crippen molar-refractivity contribution in [1.82, 2.24) is 10.7 Å². The molecule has 0 radical (unpaired) electrons. The second kappa shape index (κ2) is 7.33. The highest BCUT2D eigenvalue weighted by atomic mass is 32.1. The molecule has 0 aliphatic rings. The SMILES string of the molecule is COCCNC(=S)N/N=C/c1ccsc1. The molecule has 0 aliphatic carbocycles. The number of hydrogen-bond donors (Lipinski definition) is 2. The molecular formula is C9H13N3OS2. The Balaban J connectivity index is 2.16. The third kappa shape index (κ3) is 5.46. The maximum atomic E-state index is 4.97. The van der Waals surface area contributed by atoms with Crippen LogP contribution in [-0.2, 0) is 4.74 Å². The van der Waals surface area contributed by atoms with E-state index in [1.165, 1.54) is 0 Å². The van der Waals surface area contributed by atoms with Gasteiger partial charge >= 0.3 is 0 Å². The Labute approximate surface area is 98.3 Å². The van der Waals surface area contributed by atoms with E-state index in [1.807, 2.05) is 16.8 Å². The van der Waals surface area contributed by atoms with E-state index >= 15 is 0 Å². The van der Waals surface area contributed by atoms with E-state index < -0.39 is 0 Å². The van der Waals surface area contributed by atoms with Crippen LogP contribution in [0.1, 0.15) is 5.56 Å². The predicted octanol–water partition coefficient (Wildman–Crippen LogP) is 1.19. The van der Waals surface area contributed by atoms with Crippen LogP contribution in [0.3, 0.4) is 0 Å². The van der Waals surface area contributed by atoms with Crippen LogP contribution in [0, 0.1) is 0 Å². The predicted molar refractivity (Wildman–Crippen MR) is 67.5 cm³/mol. The smallest absolute Gasteiger partial charge is 0.187 e. The van der Waals surface area contributed by atoms with Crippen molar-refractivity contribution in [2.45, 2.75) is 0 Å². The van der Waals surface area contributed by atoms with E-state index in [-0.39, 0.29) is 0 Å². The lowest BCUT2D eigenvalue weighted by molar-refractivity contribution is 0.204. The van der Waals surface area contributed by atoms with Gasteiger partial charge in [-0.15, -0.1) is 0 Å². The molecule has 1 aromatic heterocycles. The lowest BCUT2D eigenvalue weighted by Crippen LogP contribution is -2.34. The number of methoxy groups -OCH3 is 1. The molecule has 0 saturated carbocycles. The molecule has 0 aromatic carbocycles. The minimum absolute atomic E-state index is 0.499. The molecule has 0 bridgehead atoms. The molecule has 4 nitrogen and oxygen atoms in total. The van der Waals surface area contributed by atoms with Gasteiger partial charge in [0.2, 0.25) is 0 Å². The number of hydrogen-bond acceptors (Lipinski definition) is 4. The number of ether oxygens (including phenoxy) is 1. The summed E-state index contributed by atoms with van der Waals surface area (Å²) in [5.41, 5.74) is 3.78. The van der Waals surface area contributed by atoms with Gasteiger partial charge in [-0.2, -0.15) is 16.4 Å². The van der Waals surface area contributed by atoms with Crippen molar-refractivity contribution < 1.29 is 4.74 Å². The summed E-state index contributed by atoms with van der Waals surface area (Å²) in [7, 11) is 1.65. The lowest BCUT2D eigenvalue weighted by atomic mass is 10.4. The summed E-state index contributed by atoms with van der Waals surface area (Å²) in [6, 6.07) is 1.98. The first-order valence-corrected chi connectivity index (χ1v) is 5.76. The van der Waals surface area contributed by atoms with E-state index in [4.69, 9.17) is 17.0 Å². The number of rotatable bonds is 5. The maximum Gasteiger partial charge on any atom is 0.187 e. The Morgan fingerprint density at radius 2 is 2.60 bits per heavy atom. The van der Waals surface area contributed by atoms with Crippen LogP contribution in [0.2, 0.25) is 0 Å². The van der Waals surface area contributed by atoms with Crippen LogP contribution in [0.15, 0.2) is 21.9 Å². The van der Waals surface area contributed by atoms with Crippen molar-refractivity contribution in [1.29, 1.82) is 0 Å². The third-order valence-corrected chi connectivity index (χ3v) is 2.45. The molecule has 82 valence electrons. The van der Waals surface area contributed by atoms with Gasteiger partial charge in [-0.1, -0.05) is 0 Å². The van der Waals surface area contributed by atoms with Gasteiger partial charge in [-0.05, 0) is 29.0 Å². The molecule has 0 atom stereocenters. The van der Waals surface area contributed by atoms with Crippen molar-refractivity contribution in [3.8, 4) is 0 Å². The van der Waals surface area contributed by atoms with E-state index in [9.17, 15) is 0 Å². The molecule has 0 unspecified atom stereocenters. The van der Waals surface area contributed by atoms with Crippen LogP contribution in [0.5, 0.6) is 0 Å². The number of thiocarbonyl (C=S) groups is 1. The highest BCUT2D eigenvalue weighted by Crippen LogP contribution is 2.01. The zero-order chi connectivity index (χ0) is 10.9. The molecule has 0 saturated heterocycles. The topological polar surface area (TPSA) is 45.6 Å². The van der Waals surface area contributed by atoms with Gasteiger partial charge in [0, 0.05) is 19.2 Å². The van der Waals surface area contributed by atoms with E-state index in [1.54, 1.807) is 24.7 Å². The normalized spacial score (nSPS) is 10.5. The summed E-state index contributed by atoms with van der Waals surface area (Å²) in [6.07, 6.45) is 1.72. The summed E-state index contributed by atoms with van der Waals surface area (Å²) in [5.74, 6) is 0. The molecule has 0 spiro atoms. The summed E-state index contributed by atoms with van der Waals surface area (Å²) in [6.45, 7) is 1.30. The molecule has 0 aliphatic heterocycles. The fourth-order valence-electron chi connectivity index (χ4n) is 0.820. The Kier molecular flexibility index (Phi) is 5.91. The molecule has 2 N–H and O–H groups in total. The first kappa shape index (κ1) is 12.1. The second-order valence-corrected chi connectivity index (χ2v) is 3.86.